The van der Waals surface area contributed by atoms with Gasteiger partial charge in [-0.1, -0.05) is 30.3 Å². The molecule has 0 atom stereocenters. The van der Waals surface area contributed by atoms with E-state index in [9.17, 15) is 4.79 Å². The first-order valence-electron chi connectivity index (χ1n) is 9.68. The highest BCUT2D eigenvalue weighted by Gasteiger charge is 2.15. The minimum absolute atomic E-state index is 0. The largest absolute Gasteiger partial charge is 0.496 e. The number of nitrogens with one attached hydrogen (secondary N) is 2. The molecular weight excluding hydrogens is 491 g/mol. The van der Waals surface area contributed by atoms with E-state index in [2.05, 4.69) is 15.6 Å². The average Bonchev–Trinajstić information content (AvgIpc) is 2.68. The van der Waals surface area contributed by atoms with Crippen LogP contribution in [-0.4, -0.2) is 43.5 Å². The maximum absolute atomic E-state index is 12.4. The van der Waals surface area contributed by atoms with Gasteiger partial charge in [0, 0.05) is 43.9 Å². The molecule has 0 heterocycles. The summed E-state index contributed by atoms with van der Waals surface area (Å²) >= 11 is 0. The van der Waals surface area contributed by atoms with Crippen LogP contribution in [0.4, 0.5) is 0 Å². The first-order valence-corrected chi connectivity index (χ1v) is 9.68. The second kappa shape index (κ2) is 11.8. The molecule has 0 radical (unpaired) electrons. The summed E-state index contributed by atoms with van der Waals surface area (Å²) in [5, 5.41) is 6.35. The van der Waals surface area contributed by atoms with E-state index in [0.717, 1.165) is 22.8 Å². The lowest BCUT2D eigenvalue weighted by atomic mass is 10.1. The molecule has 0 saturated heterocycles. The van der Waals surface area contributed by atoms with Crippen LogP contribution in [0.25, 0.3) is 0 Å². The molecule has 0 aliphatic rings. The third kappa shape index (κ3) is 7.85. The summed E-state index contributed by atoms with van der Waals surface area (Å²) in [5.41, 5.74) is 2.48. The summed E-state index contributed by atoms with van der Waals surface area (Å²) < 4.78 is 5.43. The number of aliphatic imine (C=N–C) groups is 1. The molecule has 6 nitrogen and oxygen atoms in total. The van der Waals surface area contributed by atoms with Crippen LogP contribution in [0.1, 0.15) is 42.3 Å². The van der Waals surface area contributed by atoms with Crippen LogP contribution in [0.3, 0.4) is 0 Å². The van der Waals surface area contributed by atoms with Crippen LogP contribution in [-0.2, 0) is 13.1 Å². The zero-order valence-electron chi connectivity index (χ0n) is 18.7. The van der Waals surface area contributed by atoms with Crippen molar-refractivity contribution in [2.75, 3.05) is 21.2 Å². The van der Waals surface area contributed by atoms with E-state index in [1.807, 2.05) is 81.2 Å². The van der Waals surface area contributed by atoms with Gasteiger partial charge in [-0.2, -0.15) is 0 Å². The molecule has 0 spiro atoms. The van der Waals surface area contributed by atoms with Gasteiger partial charge < -0.3 is 20.3 Å². The minimum atomic E-state index is -0.269. The molecular formula is C23H33IN4O2. The molecule has 164 valence electrons. The highest BCUT2D eigenvalue weighted by molar-refractivity contribution is 14.0. The van der Waals surface area contributed by atoms with E-state index in [4.69, 9.17) is 4.74 Å². The number of methoxy groups -OCH3 is 1. The fraction of sp³-hybridized carbons (Fsp3) is 0.391. The van der Waals surface area contributed by atoms with Gasteiger partial charge in [-0.3, -0.25) is 9.79 Å². The Bertz CT molecular complexity index is 862. The summed E-state index contributed by atoms with van der Waals surface area (Å²) in [7, 11) is 5.41. The molecule has 0 unspecified atom stereocenters. The zero-order chi connectivity index (χ0) is 21.4. The number of halogens is 1. The predicted octanol–water partition coefficient (Wildman–Crippen LogP) is 4.05. The Balaban J connectivity index is 0.00000450. The van der Waals surface area contributed by atoms with Gasteiger partial charge in [0.05, 0.1) is 7.11 Å². The number of amides is 1. The monoisotopic (exact) mass is 524 g/mol. The van der Waals surface area contributed by atoms with Crippen LogP contribution in [0.15, 0.2) is 53.5 Å². The van der Waals surface area contributed by atoms with Crippen molar-refractivity contribution in [1.29, 1.82) is 0 Å². The molecule has 2 aromatic carbocycles. The van der Waals surface area contributed by atoms with Gasteiger partial charge in [-0.25, -0.2) is 0 Å². The Kier molecular flexibility index (Phi) is 10.1. The third-order valence-electron chi connectivity index (χ3n) is 4.30. The molecule has 30 heavy (non-hydrogen) atoms. The molecule has 7 heteroatoms. The minimum Gasteiger partial charge on any atom is -0.496 e. The topological polar surface area (TPSA) is 66.0 Å². The van der Waals surface area contributed by atoms with Crippen molar-refractivity contribution in [3.8, 4) is 5.75 Å². The van der Waals surface area contributed by atoms with Crippen LogP contribution >= 0.6 is 24.0 Å². The van der Waals surface area contributed by atoms with Crippen molar-refractivity contribution in [2.24, 2.45) is 4.99 Å². The molecule has 2 aromatic rings. The Labute approximate surface area is 197 Å². The highest BCUT2D eigenvalue weighted by atomic mass is 127. The summed E-state index contributed by atoms with van der Waals surface area (Å²) in [6.45, 7) is 7.14. The lowest BCUT2D eigenvalue weighted by molar-refractivity contribution is 0.0919. The maximum Gasteiger partial charge on any atom is 0.251 e. The summed E-state index contributed by atoms with van der Waals surface area (Å²) in [6, 6.07) is 15.6. The number of ether oxygens (including phenoxy) is 1. The number of carbonyl (C=O) groups excluding carboxylic acids is 1. The lowest BCUT2D eigenvalue weighted by Crippen LogP contribution is -2.40. The Hall–Kier alpha value is -2.29. The van der Waals surface area contributed by atoms with E-state index in [1.165, 1.54) is 0 Å². The van der Waals surface area contributed by atoms with Crippen molar-refractivity contribution >= 4 is 35.8 Å². The van der Waals surface area contributed by atoms with Gasteiger partial charge in [-0.15, -0.1) is 24.0 Å². The molecule has 0 aromatic heterocycles. The van der Waals surface area contributed by atoms with E-state index in [0.29, 0.717) is 18.7 Å². The predicted molar refractivity (Wildman–Crippen MR) is 134 cm³/mol. The Morgan fingerprint density at radius 3 is 2.47 bits per heavy atom. The molecule has 0 saturated carbocycles. The van der Waals surface area contributed by atoms with E-state index < -0.39 is 0 Å². The van der Waals surface area contributed by atoms with Crippen molar-refractivity contribution in [1.82, 2.24) is 15.5 Å². The SMILES string of the molecule is CN=C(NCc1cccc(C(=O)NC(C)(C)C)c1)N(C)Cc1ccccc1OC.I. The quantitative estimate of drug-likeness (QED) is 0.340. The first kappa shape index (κ1) is 25.7. The van der Waals surface area contributed by atoms with Gasteiger partial charge in [0.1, 0.15) is 5.75 Å². The lowest BCUT2D eigenvalue weighted by Gasteiger charge is -2.23. The summed E-state index contributed by atoms with van der Waals surface area (Å²) in [4.78, 5) is 18.8. The highest BCUT2D eigenvalue weighted by Crippen LogP contribution is 2.18. The number of carbonyl (C=O) groups is 1. The van der Waals surface area contributed by atoms with Gasteiger partial charge in [0.2, 0.25) is 0 Å². The van der Waals surface area contributed by atoms with Crippen LogP contribution in [0.5, 0.6) is 5.75 Å². The van der Waals surface area contributed by atoms with Crippen molar-refractivity contribution < 1.29 is 9.53 Å². The number of hydrogen-bond acceptors (Lipinski definition) is 3. The second-order valence-corrected chi connectivity index (χ2v) is 7.97. The number of guanidine groups is 1. The third-order valence-corrected chi connectivity index (χ3v) is 4.30. The van der Waals surface area contributed by atoms with E-state index in [-0.39, 0.29) is 35.4 Å². The van der Waals surface area contributed by atoms with Gasteiger partial charge in [0.25, 0.3) is 5.91 Å². The number of benzene rings is 2. The van der Waals surface area contributed by atoms with Gasteiger partial charge in [0.15, 0.2) is 5.96 Å². The van der Waals surface area contributed by atoms with Crippen molar-refractivity contribution in [3.63, 3.8) is 0 Å². The van der Waals surface area contributed by atoms with E-state index >= 15 is 0 Å². The number of rotatable bonds is 6. The second-order valence-electron chi connectivity index (χ2n) is 7.97. The summed E-state index contributed by atoms with van der Waals surface area (Å²) in [6.07, 6.45) is 0. The number of para-hydroxylation sites is 1. The molecule has 0 aliphatic carbocycles. The van der Waals surface area contributed by atoms with Crippen LogP contribution in [0.2, 0.25) is 0 Å². The molecule has 2 N–H and O–H groups in total. The van der Waals surface area contributed by atoms with Gasteiger partial charge in [-0.05, 0) is 44.5 Å². The fourth-order valence-corrected chi connectivity index (χ4v) is 2.97. The van der Waals surface area contributed by atoms with Crippen LogP contribution < -0.4 is 15.4 Å². The number of hydrogen-bond donors (Lipinski definition) is 2. The van der Waals surface area contributed by atoms with Crippen molar-refractivity contribution in [2.45, 2.75) is 39.4 Å². The van der Waals surface area contributed by atoms with Gasteiger partial charge >= 0.3 is 0 Å². The van der Waals surface area contributed by atoms with Crippen molar-refractivity contribution in [3.05, 3.63) is 65.2 Å². The summed E-state index contributed by atoms with van der Waals surface area (Å²) in [5.74, 6) is 1.55. The average molecular weight is 524 g/mol. The van der Waals surface area contributed by atoms with Crippen LogP contribution in [0, 0.1) is 0 Å². The molecule has 0 bridgehead atoms. The fourth-order valence-electron chi connectivity index (χ4n) is 2.97. The zero-order valence-corrected chi connectivity index (χ0v) is 21.0. The first-order chi connectivity index (χ1) is 13.7. The molecule has 0 fully saturated rings. The molecule has 2 rings (SSSR count). The normalized spacial score (nSPS) is 11.3. The molecule has 1 amide bonds. The standard InChI is InChI=1S/C23H32N4O2.HI/c1-23(2,3)26-21(28)18-12-9-10-17(14-18)15-25-22(24-4)27(5)16-19-11-7-8-13-20(19)29-6;/h7-14H,15-16H2,1-6H3,(H,24,25)(H,26,28);1H. The Morgan fingerprint density at radius 2 is 1.83 bits per heavy atom. The smallest absolute Gasteiger partial charge is 0.251 e. The molecule has 0 aliphatic heterocycles. The number of nitrogens with zero attached hydrogens (tertiary/aromatic N) is 2. The van der Waals surface area contributed by atoms with E-state index in [1.54, 1.807) is 14.2 Å². The Morgan fingerprint density at radius 1 is 1.13 bits per heavy atom. The maximum atomic E-state index is 12.4.